The predicted octanol–water partition coefficient (Wildman–Crippen LogP) is 0.787. The predicted molar refractivity (Wildman–Crippen MR) is 98.2 cm³/mol. The zero-order chi connectivity index (χ0) is 17.8. The summed E-state index contributed by atoms with van der Waals surface area (Å²) in [7, 11) is 0. The largest absolute Gasteiger partial charge is 0.396 e. The lowest BCUT2D eigenvalue weighted by Crippen LogP contribution is -2.45. The number of aromatic nitrogens is 4. The standard InChI is InChI=1S/C18H26N6O2/c25-13-15-3-1-5-22(10-15)17-9-18(20-14-19-17)23-7-8-26-16(11-23)12-24-6-2-4-21-24/h2,4,6,9,14-16,25H,1,3,5,7-8,10-13H2. The van der Waals surface area contributed by atoms with E-state index in [1.54, 1.807) is 12.5 Å². The van der Waals surface area contributed by atoms with Crippen molar-refractivity contribution in [1.82, 2.24) is 19.7 Å². The first-order chi connectivity index (χ1) is 12.8. The molecule has 8 nitrogen and oxygen atoms in total. The molecule has 4 heterocycles. The molecule has 0 saturated carbocycles. The minimum atomic E-state index is 0.0934. The smallest absolute Gasteiger partial charge is 0.134 e. The zero-order valence-electron chi connectivity index (χ0n) is 14.9. The Morgan fingerprint density at radius 2 is 2.00 bits per heavy atom. The molecule has 140 valence electrons. The second-order valence-corrected chi connectivity index (χ2v) is 7.04. The quantitative estimate of drug-likeness (QED) is 0.846. The van der Waals surface area contributed by atoms with E-state index in [2.05, 4.69) is 30.9 Å². The van der Waals surface area contributed by atoms with Crippen molar-refractivity contribution in [2.45, 2.75) is 25.5 Å². The Kier molecular flexibility index (Phi) is 5.31. The summed E-state index contributed by atoms with van der Waals surface area (Å²) in [6.45, 7) is 5.12. The van der Waals surface area contributed by atoms with E-state index in [1.165, 1.54) is 0 Å². The summed E-state index contributed by atoms with van der Waals surface area (Å²) in [6.07, 6.45) is 7.66. The van der Waals surface area contributed by atoms with E-state index in [0.29, 0.717) is 12.5 Å². The van der Waals surface area contributed by atoms with Crippen LogP contribution in [0.15, 0.2) is 30.9 Å². The fourth-order valence-electron chi connectivity index (χ4n) is 3.76. The Labute approximate surface area is 153 Å². The van der Waals surface area contributed by atoms with Crippen LogP contribution in [0.2, 0.25) is 0 Å². The Morgan fingerprint density at radius 3 is 2.77 bits per heavy atom. The number of ether oxygens (including phenoxy) is 1. The van der Waals surface area contributed by atoms with Crippen molar-refractivity contribution < 1.29 is 9.84 Å². The van der Waals surface area contributed by atoms with Crippen molar-refractivity contribution in [1.29, 1.82) is 0 Å². The van der Waals surface area contributed by atoms with Crippen LogP contribution in [0.4, 0.5) is 11.6 Å². The maximum Gasteiger partial charge on any atom is 0.134 e. The Hall–Kier alpha value is -2.19. The van der Waals surface area contributed by atoms with Crippen molar-refractivity contribution >= 4 is 11.6 Å². The van der Waals surface area contributed by atoms with Crippen LogP contribution in [-0.2, 0) is 11.3 Å². The summed E-state index contributed by atoms with van der Waals surface area (Å²) in [5, 5.41) is 13.7. The van der Waals surface area contributed by atoms with Gasteiger partial charge in [-0.25, -0.2) is 9.97 Å². The number of hydrogen-bond donors (Lipinski definition) is 1. The first kappa shape index (κ1) is 17.2. The van der Waals surface area contributed by atoms with E-state index in [1.807, 2.05) is 16.9 Å². The Balaban J connectivity index is 1.43. The highest BCUT2D eigenvalue weighted by molar-refractivity contribution is 5.50. The molecule has 8 heteroatoms. The number of anilines is 2. The molecule has 2 unspecified atom stereocenters. The molecule has 0 spiro atoms. The number of aliphatic hydroxyl groups excluding tert-OH is 1. The van der Waals surface area contributed by atoms with E-state index in [-0.39, 0.29) is 12.7 Å². The molecular weight excluding hydrogens is 332 g/mol. The number of piperidine rings is 1. The number of aliphatic hydroxyl groups is 1. The number of nitrogens with zero attached hydrogens (tertiary/aromatic N) is 6. The van der Waals surface area contributed by atoms with Gasteiger partial charge in [-0.2, -0.15) is 5.10 Å². The van der Waals surface area contributed by atoms with Crippen LogP contribution in [0, 0.1) is 5.92 Å². The highest BCUT2D eigenvalue weighted by atomic mass is 16.5. The fraction of sp³-hybridized carbons (Fsp3) is 0.611. The summed E-state index contributed by atoms with van der Waals surface area (Å²) in [4.78, 5) is 13.5. The van der Waals surface area contributed by atoms with Gasteiger partial charge in [0.05, 0.1) is 19.3 Å². The van der Waals surface area contributed by atoms with Crippen molar-refractivity contribution in [2.75, 3.05) is 49.2 Å². The summed E-state index contributed by atoms with van der Waals surface area (Å²) >= 11 is 0. The van der Waals surface area contributed by atoms with Crippen LogP contribution in [-0.4, -0.2) is 70.4 Å². The van der Waals surface area contributed by atoms with E-state index < -0.39 is 0 Å². The van der Waals surface area contributed by atoms with E-state index >= 15 is 0 Å². The van der Waals surface area contributed by atoms with Crippen LogP contribution in [0.5, 0.6) is 0 Å². The third-order valence-corrected chi connectivity index (χ3v) is 5.15. The molecular formula is C18H26N6O2. The summed E-state index contributed by atoms with van der Waals surface area (Å²) in [5.74, 6) is 2.22. The van der Waals surface area contributed by atoms with Gasteiger partial charge in [-0.1, -0.05) is 0 Å². The van der Waals surface area contributed by atoms with Gasteiger partial charge in [0.2, 0.25) is 0 Å². The zero-order valence-corrected chi connectivity index (χ0v) is 14.9. The third kappa shape index (κ3) is 3.96. The molecule has 0 aliphatic carbocycles. The lowest BCUT2D eigenvalue weighted by molar-refractivity contribution is 0.0272. The van der Waals surface area contributed by atoms with Crippen LogP contribution >= 0.6 is 0 Å². The monoisotopic (exact) mass is 358 g/mol. The lowest BCUT2D eigenvalue weighted by Gasteiger charge is -2.35. The van der Waals surface area contributed by atoms with Gasteiger partial charge >= 0.3 is 0 Å². The van der Waals surface area contributed by atoms with Crippen molar-refractivity contribution in [3.63, 3.8) is 0 Å². The average molecular weight is 358 g/mol. The molecule has 26 heavy (non-hydrogen) atoms. The van der Waals surface area contributed by atoms with Gasteiger partial charge in [-0.3, -0.25) is 4.68 Å². The molecule has 0 aromatic carbocycles. The van der Waals surface area contributed by atoms with Crippen LogP contribution in [0.1, 0.15) is 12.8 Å². The van der Waals surface area contributed by atoms with Crippen molar-refractivity contribution in [2.24, 2.45) is 5.92 Å². The maximum absolute atomic E-state index is 9.46. The molecule has 0 bridgehead atoms. The van der Waals surface area contributed by atoms with Crippen LogP contribution in [0.25, 0.3) is 0 Å². The second kappa shape index (κ2) is 8.01. The topological polar surface area (TPSA) is 79.5 Å². The van der Waals surface area contributed by atoms with Gasteiger partial charge in [-0.05, 0) is 24.8 Å². The summed E-state index contributed by atoms with van der Waals surface area (Å²) in [6, 6.07) is 3.99. The summed E-state index contributed by atoms with van der Waals surface area (Å²) < 4.78 is 7.80. The number of hydrogen-bond acceptors (Lipinski definition) is 7. The van der Waals surface area contributed by atoms with Gasteiger partial charge in [-0.15, -0.1) is 0 Å². The highest BCUT2D eigenvalue weighted by Gasteiger charge is 2.24. The molecule has 2 saturated heterocycles. The Morgan fingerprint density at radius 1 is 1.15 bits per heavy atom. The third-order valence-electron chi connectivity index (χ3n) is 5.15. The molecule has 0 amide bonds. The maximum atomic E-state index is 9.46. The molecule has 2 atom stereocenters. The number of morpholine rings is 1. The molecule has 2 aliphatic rings. The molecule has 2 aromatic heterocycles. The highest BCUT2D eigenvalue weighted by Crippen LogP contribution is 2.24. The van der Waals surface area contributed by atoms with E-state index in [9.17, 15) is 5.11 Å². The molecule has 1 N–H and O–H groups in total. The fourth-order valence-corrected chi connectivity index (χ4v) is 3.76. The van der Waals surface area contributed by atoms with Gasteiger partial charge in [0.1, 0.15) is 18.0 Å². The molecule has 2 fully saturated rings. The number of rotatable bonds is 5. The van der Waals surface area contributed by atoms with E-state index in [4.69, 9.17) is 4.74 Å². The average Bonchev–Trinajstić information content (AvgIpc) is 3.21. The van der Waals surface area contributed by atoms with Gasteiger partial charge in [0.25, 0.3) is 0 Å². The molecule has 2 aromatic rings. The molecule has 4 rings (SSSR count). The first-order valence-electron chi connectivity index (χ1n) is 9.33. The normalized spacial score (nSPS) is 24.0. The van der Waals surface area contributed by atoms with Crippen molar-refractivity contribution in [3.8, 4) is 0 Å². The van der Waals surface area contributed by atoms with E-state index in [0.717, 1.165) is 57.2 Å². The SMILES string of the molecule is OCC1CCCN(c2cc(N3CCOC(Cn4cccn4)C3)ncn2)C1. The second-order valence-electron chi connectivity index (χ2n) is 7.04. The van der Waals surface area contributed by atoms with Gasteiger partial charge in [0.15, 0.2) is 0 Å². The lowest BCUT2D eigenvalue weighted by atomic mass is 9.99. The van der Waals surface area contributed by atoms with Crippen LogP contribution in [0.3, 0.4) is 0 Å². The first-order valence-corrected chi connectivity index (χ1v) is 9.33. The molecule has 0 radical (unpaired) electrons. The minimum Gasteiger partial charge on any atom is -0.396 e. The molecule has 2 aliphatic heterocycles. The van der Waals surface area contributed by atoms with Gasteiger partial charge < -0.3 is 19.6 Å². The van der Waals surface area contributed by atoms with Gasteiger partial charge in [0, 0.05) is 51.2 Å². The van der Waals surface area contributed by atoms with Crippen molar-refractivity contribution in [3.05, 3.63) is 30.9 Å². The summed E-state index contributed by atoms with van der Waals surface area (Å²) in [5.41, 5.74) is 0. The van der Waals surface area contributed by atoms with Crippen LogP contribution < -0.4 is 9.80 Å². The minimum absolute atomic E-state index is 0.0934. The Bertz CT molecular complexity index is 695.